The molecule has 0 bridgehead atoms. The van der Waals surface area contributed by atoms with Crippen LogP contribution in [0.1, 0.15) is 37.3 Å². The molecule has 18 heavy (non-hydrogen) atoms. The molecular weight excluding hydrogens is 279 g/mol. The Bertz CT molecular complexity index is 437. The molecule has 0 saturated heterocycles. The first kappa shape index (κ1) is 14.0. The number of hydrogen-bond donors (Lipinski definition) is 1. The first-order chi connectivity index (χ1) is 8.39. The van der Waals surface area contributed by atoms with Gasteiger partial charge in [-0.2, -0.15) is 0 Å². The van der Waals surface area contributed by atoms with Crippen molar-refractivity contribution in [3.63, 3.8) is 0 Å². The lowest BCUT2D eigenvalue weighted by Crippen LogP contribution is -2.32. The number of benzene rings is 1. The molecular formula is C13H15Cl2F2N. The second kappa shape index (κ2) is 5.32. The Labute approximate surface area is 115 Å². The molecule has 5 heteroatoms. The van der Waals surface area contributed by atoms with Gasteiger partial charge in [-0.25, -0.2) is 8.78 Å². The highest BCUT2D eigenvalue weighted by Gasteiger charge is 2.39. The maximum absolute atomic E-state index is 13.4. The number of rotatable bonds is 2. The maximum atomic E-state index is 13.4. The molecule has 0 heterocycles. The third-order valence-electron chi connectivity index (χ3n) is 3.51. The van der Waals surface area contributed by atoms with Crippen LogP contribution < -0.4 is 5.73 Å². The van der Waals surface area contributed by atoms with Crippen LogP contribution >= 0.6 is 23.2 Å². The van der Waals surface area contributed by atoms with Crippen LogP contribution in [0.2, 0.25) is 10.0 Å². The Balaban J connectivity index is 2.17. The fourth-order valence-corrected chi connectivity index (χ4v) is 3.08. The van der Waals surface area contributed by atoms with Gasteiger partial charge in [-0.05, 0) is 36.5 Å². The molecule has 0 aliphatic heterocycles. The second-order valence-electron chi connectivity index (χ2n) is 4.90. The van der Waals surface area contributed by atoms with Crippen molar-refractivity contribution >= 4 is 23.2 Å². The third-order valence-corrected chi connectivity index (χ3v) is 4.07. The van der Waals surface area contributed by atoms with E-state index < -0.39 is 12.0 Å². The largest absolute Gasteiger partial charge is 0.324 e. The molecule has 0 amide bonds. The second-order valence-corrected chi connectivity index (χ2v) is 5.75. The SMILES string of the molecule is NC(c1ccc(Cl)cc1Cl)C1CCCC(F)(F)C1. The van der Waals surface area contributed by atoms with Crippen molar-refractivity contribution in [1.29, 1.82) is 0 Å². The summed E-state index contributed by atoms with van der Waals surface area (Å²) in [5.74, 6) is -2.83. The normalized spacial score (nSPS) is 24.8. The molecule has 0 radical (unpaired) electrons. The van der Waals surface area contributed by atoms with Crippen molar-refractivity contribution in [1.82, 2.24) is 0 Å². The molecule has 2 atom stereocenters. The zero-order valence-electron chi connectivity index (χ0n) is 9.80. The maximum Gasteiger partial charge on any atom is 0.248 e. The average Bonchev–Trinajstić information content (AvgIpc) is 2.27. The van der Waals surface area contributed by atoms with Crippen molar-refractivity contribution in [2.45, 2.75) is 37.6 Å². The lowest BCUT2D eigenvalue weighted by atomic mass is 9.80. The number of hydrogen-bond acceptors (Lipinski definition) is 1. The molecule has 2 N–H and O–H groups in total. The van der Waals surface area contributed by atoms with Crippen LogP contribution in [-0.4, -0.2) is 5.92 Å². The van der Waals surface area contributed by atoms with E-state index in [0.717, 1.165) is 6.42 Å². The van der Waals surface area contributed by atoms with Gasteiger partial charge in [-0.3, -0.25) is 0 Å². The molecule has 1 aliphatic rings. The van der Waals surface area contributed by atoms with E-state index in [1.807, 2.05) is 0 Å². The fourth-order valence-electron chi connectivity index (χ4n) is 2.54. The van der Waals surface area contributed by atoms with Crippen LogP contribution in [0.3, 0.4) is 0 Å². The van der Waals surface area contributed by atoms with Crippen molar-refractivity contribution in [2.75, 3.05) is 0 Å². The van der Waals surface area contributed by atoms with E-state index in [0.29, 0.717) is 22.0 Å². The Hall–Kier alpha value is -0.380. The van der Waals surface area contributed by atoms with Crippen LogP contribution in [0.15, 0.2) is 18.2 Å². The molecule has 2 rings (SSSR count). The molecule has 1 aromatic carbocycles. The average molecular weight is 294 g/mol. The summed E-state index contributed by atoms with van der Waals surface area (Å²) in [7, 11) is 0. The highest BCUT2D eigenvalue weighted by Crippen LogP contribution is 2.42. The van der Waals surface area contributed by atoms with E-state index in [9.17, 15) is 8.78 Å². The quantitative estimate of drug-likeness (QED) is 0.831. The van der Waals surface area contributed by atoms with Gasteiger partial charge in [-0.15, -0.1) is 0 Å². The van der Waals surface area contributed by atoms with Gasteiger partial charge in [0.15, 0.2) is 0 Å². The Kier molecular flexibility index (Phi) is 4.15. The van der Waals surface area contributed by atoms with E-state index in [1.165, 1.54) is 0 Å². The zero-order valence-corrected chi connectivity index (χ0v) is 11.3. The topological polar surface area (TPSA) is 26.0 Å². The van der Waals surface area contributed by atoms with E-state index in [4.69, 9.17) is 28.9 Å². The molecule has 0 aromatic heterocycles. The smallest absolute Gasteiger partial charge is 0.248 e. The van der Waals surface area contributed by atoms with Gasteiger partial charge in [0.25, 0.3) is 0 Å². The molecule has 100 valence electrons. The number of nitrogens with two attached hydrogens (primary N) is 1. The highest BCUT2D eigenvalue weighted by molar-refractivity contribution is 6.35. The molecule has 2 unspecified atom stereocenters. The van der Waals surface area contributed by atoms with E-state index >= 15 is 0 Å². The van der Waals surface area contributed by atoms with Crippen LogP contribution in [0, 0.1) is 5.92 Å². The predicted octanol–water partition coefficient (Wildman–Crippen LogP) is 4.82. The molecule has 1 fully saturated rings. The molecule has 1 saturated carbocycles. The lowest BCUT2D eigenvalue weighted by Gasteiger charge is -2.33. The standard InChI is InChI=1S/C13H15Cl2F2N/c14-9-3-4-10(11(15)6-9)12(18)8-2-1-5-13(16,17)7-8/h3-4,6,8,12H,1-2,5,7,18H2. The summed E-state index contributed by atoms with van der Waals surface area (Å²) in [6.45, 7) is 0. The Morgan fingerprint density at radius 3 is 2.67 bits per heavy atom. The molecule has 0 spiro atoms. The summed E-state index contributed by atoms with van der Waals surface area (Å²) in [5.41, 5.74) is 6.78. The first-order valence-electron chi connectivity index (χ1n) is 5.97. The van der Waals surface area contributed by atoms with Gasteiger partial charge < -0.3 is 5.73 Å². The van der Waals surface area contributed by atoms with Crippen molar-refractivity contribution < 1.29 is 8.78 Å². The number of alkyl halides is 2. The van der Waals surface area contributed by atoms with Gasteiger partial charge in [-0.1, -0.05) is 29.3 Å². The fraction of sp³-hybridized carbons (Fsp3) is 0.538. The van der Waals surface area contributed by atoms with Crippen LogP contribution in [-0.2, 0) is 0 Å². The third kappa shape index (κ3) is 3.14. The number of halogens is 4. The van der Waals surface area contributed by atoms with Crippen molar-refractivity contribution in [2.24, 2.45) is 11.7 Å². The van der Waals surface area contributed by atoms with Gasteiger partial charge >= 0.3 is 0 Å². The minimum atomic E-state index is -2.60. The van der Waals surface area contributed by atoms with Crippen molar-refractivity contribution in [3.05, 3.63) is 33.8 Å². The summed E-state index contributed by atoms with van der Waals surface area (Å²) in [4.78, 5) is 0. The van der Waals surface area contributed by atoms with Crippen LogP contribution in [0.25, 0.3) is 0 Å². The summed E-state index contributed by atoms with van der Waals surface area (Å²) < 4.78 is 26.8. The van der Waals surface area contributed by atoms with Gasteiger partial charge in [0.05, 0.1) is 0 Å². The van der Waals surface area contributed by atoms with Crippen LogP contribution in [0.5, 0.6) is 0 Å². The molecule has 1 aromatic rings. The van der Waals surface area contributed by atoms with Gasteiger partial charge in [0, 0.05) is 28.9 Å². The van der Waals surface area contributed by atoms with E-state index in [1.54, 1.807) is 18.2 Å². The Morgan fingerprint density at radius 1 is 1.33 bits per heavy atom. The van der Waals surface area contributed by atoms with Crippen LogP contribution in [0.4, 0.5) is 8.78 Å². The predicted molar refractivity (Wildman–Crippen MR) is 70.3 cm³/mol. The minimum absolute atomic E-state index is 0.0371. The lowest BCUT2D eigenvalue weighted by molar-refractivity contribution is -0.0563. The van der Waals surface area contributed by atoms with Gasteiger partial charge in [0.1, 0.15) is 0 Å². The van der Waals surface area contributed by atoms with Crippen molar-refractivity contribution in [3.8, 4) is 0 Å². The van der Waals surface area contributed by atoms with E-state index in [-0.39, 0.29) is 18.8 Å². The highest BCUT2D eigenvalue weighted by atomic mass is 35.5. The summed E-state index contributed by atoms with van der Waals surface area (Å²) >= 11 is 11.9. The first-order valence-corrected chi connectivity index (χ1v) is 6.73. The monoisotopic (exact) mass is 293 g/mol. The summed E-state index contributed by atoms with van der Waals surface area (Å²) in [6.07, 6.45) is 1.03. The molecule has 1 aliphatic carbocycles. The van der Waals surface area contributed by atoms with E-state index in [2.05, 4.69) is 0 Å². The Morgan fingerprint density at radius 2 is 2.06 bits per heavy atom. The summed E-state index contributed by atoms with van der Waals surface area (Å²) in [5, 5.41) is 0.966. The van der Waals surface area contributed by atoms with Gasteiger partial charge in [0.2, 0.25) is 5.92 Å². The zero-order chi connectivity index (χ0) is 13.3. The summed E-state index contributed by atoms with van der Waals surface area (Å²) in [6, 6.07) is 4.55. The minimum Gasteiger partial charge on any atom is -0.324 e. The molecule has 1 nitrogen and oxygen atoms in total.